The second-order valence-corrected chi connectivity index (χ2v) is 10.0. The Labute approximate surface area is 202 Å². The van der Waals surface area contributed by atoms with E-state index in [1.165, 1.54) is 61.6 Å². The summed E-state index contributed by atoms with van der Waals surface area (Å²) in [6, 6.07) is 20.3. The maximum absolute atomic E-state index is 9.75. The zero-order valence-corrected chi connectivity index (χ0v) is 21.0. The normalized spacial score (nSPS) is 20.3. The Hall–Kier alpha value is -2.27. The van der Waals surface area contributed by atoms with Crippen molar-refractivity contribution in [3.63, 3.8) is 0 Å². The van der Waals surface area contributed by atoms with Gasteiger partial charge in [0.1, 0.15) is 5.75 Å². The average molecular weight is 446 g/mol. The van der Waals surface area contributed by atoms with E-state index in [-0.39, 0.29) is 5.41 Å². The van der Waals surface area contributed by atoms with E-state index in [4.69, 9.17) is 4.74 Å². The molecule has 3 rings (SSSR count). The van der Waals surface area contributed by atoms with Crippen molar-refractivity contribution in [2.24, 2.45) is 5.41 Å². The first-order valence-corrected chi connectivity index (χ1v) is 13.4. The first-order valence-electron chi connectivity index (χ1n) is 13.4. The van der Waals surface area contributed by atoms with Crippen LogP contribution in [0.2, 0.25) is 0 Å². The molecule has 2 aromatic rings. The van der Waals surface area contributed by atoms with Gasteiger partial charge < -0.3 is 4.74 Å². The van der Waals surface area contributed by atoms with Crippen molar-refractivity contribution in [3.05, 3.63) is 54.1 Å². The molecule has 2 aromatic carbocycles. The summed E-state index contributed by atoms with van der Waals surface area (Å²) in [5.74, 6) is 1.56. The summed E-state index contributed by atoms with van der Waals surface area (Å²) in [6.07, 6.45) is 15.5. The van der Waals surface area contributed by atoms with Gasteiger partial charge in [-0.25, -0.2) is 0 Å². The number of benzene rings is 2. The van der Waals surface area contributed by atoms with Crippen molar-refractivity contribution < 1.29 is 4.74 Å². The summed E-state index contributed by atoms with van der Waals surface area (Å²) in [5, 5.41) is 9.75. The molecule has 0 aromatic heterocycles. The van der Waals surface area contributed by atoms with Crippen molar-refractivity contribution in [2.45, 2.75) is 103 Å². The molecule has 0 aliphatic heterocycles. The maximum atomic E-state index is 9.75. The van der Waals surface area contributed by atoms with Crippen molar-refractivity contribution in [1.82, 2.24) is 0 Å². The van der Waals surface area contributed by atoms with E-state index in [1.54, 1.807) is 0 Å². The molecule has 1 saturated carbocycles. The number of unbranched alkanes of at least 4 members (excludes halogenated alkanes) is 6. The average Bonchev–Trinajstić information content (AvgIpc) is 2.88. The number of ether oxygens (including phenoxy) is 1. The highest BCUT2D eigenvalue weighted by Crippen LogP contribution is 2.45. The van der Waals surface area contributed by atoms with Gasteiger partial charge in [-0.1, -0.05) is 95.2 Å². The molecule has 1 aliphatic carbocycles. The van der Waals surface area contributed by atoms with Gasteiger partial charge in [-0.05, 0) is 73.3 Å². The third kappa shape index (κ3) is 7.63. The highest BCUT2D eigenvalue weighted by molar-refractivity contribution is 5.64. The second-order valence-electron chi connectivity index (χ2n) is 10.0. The van der Waals surface area contributed by atoms with Crippen LogP contribution in [0.5, 0.6) is 5.75 Å². The monoisotopic (exact) mass is 445 g/mol. The molecule has 33 heavy (non-hydrogen) atoms. The molecule has 1 aliphatic rings. The van der Waals surface area contributed by atoms with Gasteiger partial charge in [0.2, 0.25) is 0 Å². The largest absolute Gasteiger partial charge is 0.494 e. The molecule has 0 amide bonds. The Kier molecular flexibility index (Phi) is 10.3. The van der Waals surface area contributed by atoms with Crippen LogP contribution < -0.4 is 4.74 Å². The standard InChI is InChI=1S/C31H43NO/c1-3-5-7-8-9-10-24-33-30-17-15-28(16-18-30)26-11-13-27(14-12-26)29-19-22-31(25-32,23-20-29)21-6-4-2/h11-18,29H,3-10,19-24H2,1-2H3/t29-,31-. The van der Waals surface area contributed by atoms with E-state index in [2.05, 4.69) is 68.4 Å². The Morgan fingerprint density at radius 1 is 0.788 bits per heavy atom. The smallest absolute Gasteiger partial charge is 0.119 e. The predicted octanol–water partition coefficient (Wildman–Crippen LogP) is 9.45. The zero-order chi connectivity index (χ0) is 23.4. The Morgan fingerprint density at radius 3 is 1.97 bits per heavy atom. The summed E-state index contributed by atoms with van der Waals surface area (Å²) in [6.45, 7) is 5.29. The van der Waals surface area contributed by atoms with Gasteiger partial charge >= 0.3 is 0 Å². The van der Waals surface area contributed by atoms with Gasteiger partial charge in [-0.15, -0.1) is 0 Å². The molecular formula is C31H43NO. The first kappa shape index (κ1) is 25.4. The lowest BCUT2D eigenvalue weighted by Crippen LogP contribution is -2.25. The summed E-state index contributed by atoms with van der Waals surface area (Å²) in [5.41, 5.74) is 3.86. The number of nitrogens with zero attached hydrogens (tertiary/aromatic N) is 1. The van der Waals surface area contributed by atoms with Crippen molar-refractivity contribution >= 4 is 0 Å². The first-order chi connectivity index (χ1) is 16.2. The summed E-state index contributed by atoms with van der Waals surface area (Å²) < 4.78 is 5.93. The summed E-state index contributed by atoms with van der Waals surface area (Å²) >= 11 is 0. The van der Waals surface area contributed by atoms with Crippen molar-refractivity contribution in [2.75, 3.05) is 6.61 Å². The third-order valence-electron chi connectivity index (χ3n) is 7.53. The van der Waals surface area contributed by atoms with Crippen LogP contribution in [0.25, 0.3) is 11.1 Å². The third-order valence-corrected chi connectivity index (χ3v) is 7.53. The van der Waals surface area contributed by atoms with Gasteiger partial charge in [-0.2, -0.15) is 5.26 Å². The number of nitriles is 1. The zero-order valence-electron chi connectivity index (χ0n) is 21.0. The molecule has 0 unspecified atom stereocenters. The van der Waals surface area contributed by atoms with Gasteiger partial charge in [0.15, 0.2) is 0 Å². The van der Waals surface area contributed by atoms with Gasteiger partial charge in [-0.3, -0.25) is 0 Å². The molecule has 0 radical (unpaired) electrons. The van der Waals surface area contributed by atoms with Crippen LogP contribution >= 0.6 is 0 Å². The van der Waals surface area contributed by atoms with Gasteiger partial charge in [0, 0.05) is 0 Å². The fourth-order valence-corrected chi connectivity index (χ4v) is 5.20. The number of hydrogen-bond donors (Lipinski definition) is 0. The molecule has 0 N–H and O–H groups in total. The molecular weight excluding hydrogens is 402 g/mol. The van der Waals surface area contributed by atoms with E-state index in [9.17, 15) is 5.26 Å². The van der Waals surface area contributed by atoms with E-state index in [0.717, 1.165) is 50.9 Å². The summed E-state index contributed by atoms with van der Waals surface area (Å²) in [4.78, 5) is 0. The van der Waals surface area contributed by atoms with E-state index < -0.39 is 0 Å². The van der Waals surface area contributed by atoms with Gasteiger partial charge in [0.25, 0.3) is 0 Å². The lowest BCUT2D eigenvalue weighted by atomic mass is 9.67. The minimum Gasteiger partial charge on any atom is -0.494 e. The van der Waals surface area contributed by atoms with E-state index in [0.29, 0.717) is 5.92 Å². The molecule has 2 nitrogen and oxygen atoms in total. The molecule has 0 heterocycles. The van der Waals surface area contributed by atoms with Gasteiger partial charge in [0.05, 0.1) is 18.1 Å². The van der Waals surface area contributed by atoms with E-state index >= 15 is 0 Å². The minimum atomic E-state index is -0.0642. The van der Waals surface area contributed by atoms with Crippen molar-refractivity contribution in [3.8, 4) is 22.9 Å². The molecule has 0 bridgehead atoms. The lowest BCUT2D eigenvalue weighted by molar-refractivity contribution is 0.224. The fraction of sp³-hybridized carbons (Fsp3) is 0.581. The highest BCUT2D eigenvalue weighted by Gasteiger charge is 2.35. The molecule has 0 spiro atoms. The van der Waals surface area contributed by atoms with Crippen LogP contribution in [0.15, 0.2) is 48.5 Å². The Morgan fingerprint density at radius 2 is 1.36 bits per heavy atom. The quantitative estimate of drug-likeness (QED) is 0.288. The predicted molar refractivity (Wildman–Crippen MR) is 140 cm³/mol. The summed E-state index contributed by atoms with van der Waals surface area (Å²) in [7, 11) is 0. The molecule has 0 saturated heterocycles. The van der Waals surface area contributed by atoms with Crippen LogP contribution in [-0.2, 0) is 0 Å². The number of hydrogen-bond acceptors (Lipinski definition) is 2. The SMILES string of the molecule is CCCCCCCCOc1ccc(-c2ccc([C@H]3CC[C@@](C#N)(CCCC)CC3)cc2)cc1. The Balaban J connectivity index is 1.47. The maximum Gasteiger partial charge on any atom is 0.119 e. The topological polar surface area (TPSA) is 33.0 Å². The van der Waals surface area contributed by atoms with Crippen LogP contribution in [0.1, 0.15) is 109 Å². The van der Waals surface area contributed by atoms with E-state index in [1.807, 2.05) is 0 Å². The molecule has 1 fully saturated rings. The number of rotatable bonds is 13. The fourth-order valence-electron chi connectivity index (χ4n) is 5.20. The Bertz CT molecular complexity index is 838. The molecule has 2 heteroatoms. The van der Waals surface area contributed by atoms with Crippen LogP contribution in [0.3, 0.4) is 0 Å². The second kappa shape index (κ2) is 13.4. The highest BCUT2D eigenvalue weighted by atomic mass is 16.5. The van der Waals surface area contributed by atoms with Crippen LogP contribution in [-0.4, -0.2) is 6.61 Å². The lowest BCUT2D eigenvalue weighted by Gasteiger charge is -2.35. The minimum absolute atomic E-state index is 0.0642. The molecule has 0 atom stereocenters. The van der Waals surface area contributed by atoms with Crippen LogP contribution in [0, 0.1) is 16.7 Å². The van der Waals surface area contributed by atoms with Crippen LogP contribution in [0.4, 0.5) is 0 Å². The van der Waals surface area contributed by atoms with Crippen molar-refractivity contribution in [1.29, 1.82) is 5.26 Å². The molecule has 178 valence electrons.